The maximum absolute atomic E-state index is 12.0. The highest BCUT2D eigenvalue weighted by Crippen LogP contribution is 2.38. The molecule has 6 heteroatoms. The van der Waals surface area contributed by atoms with Crippen LogP contribution in [0.5, 0.6) is 0 Å². The normalized spacial score (nSPS) is 30.1. The van der Waals surface area contributed by atoms with E-state index in [9.17, 15) is 18.0 Å². The van der Waals surface area contributed by atoms with Crippen molar-refractivity contribution >= 4 is 5.91 Å². The van der Waals surface area contributed by atoms with Crippen molar-refractivity contribution < 1.29 is 18.0 Å². The zero-order chi connectivity index (χ0) is 13.1. The molecule has 0 radical (unpaired) electrons. The minimum atomic E-state index is -4.37. The second-order valence-corrected chi connectivity index (χ2v) is 4.96. The minimum Gasteiger partial charge on any atom is -0.346 e. The predicted molar refractivity (Wildman–Crippen MR) is 58.2 cm³/mol. The fourth-order valence-electron chi connectivity index (χ4n) is 2.21. The summed E-state index contributed by atoms with van der Waals surface area (Å²) in [5.74, 6) is -0.0330. The highest BCUT2D eigenvalue weighted by molar-refractivity contribution is 5.83. The third-order valence-electron chi connectivity index (χ3n) is 3.55. The summed E-state index contributed by atoms with van der Waals surface area (Å²) < 4.78 is 36.1. The highest BCUT2D eigenvalue weighted by Gasteiger charge is 2.41. The van der Waals surface area contributed by atoms with Gasteiger partial charge < -0.3 is 11.1 Å². The summed E-state index contributed by atoms with van der Waals surface area (Å²) in [4.78, 5) is 11.8. The Morgan fingerprint density at radius 3 is 2.35 bits per heavy atom. The number of carbonyl (C=O) groups excluding carboxylic acids is 1. The Bertz CT molecular complexity index is 270. The molecular weight excluding hydrogens is 233 g/mol. The molecule has 0 aliphatic heterocycles. The average molecular weight is 252 g/mol. The highest BCUT2D eigenvalue weighted by atomic mass is 19.4. The Morgan fingerprint density at radius 1 is 1.41 bits per heavy atom. The van der Waals surface area contributed by atoms with Gasteiger partial charge in [-0.15, -0.1) is 0 Å². The second-order valence-electron chi connectivity index (χ2n) is 4.96. The lowest BCUT2D eigenvalue weighted by atomic mass is 9.70. The van der Waals surface area contributed by atoms with E-state index in [1.54, 1.807) is 0 Å². The van der Waals surface area contributed by atoms with Gasteiger partial charge >= 0.3 is 6.18 Å². The molecule has 1 rings (SSSR count). The number of alkyl halides is 3. The van der Waals surface area contributed by atoms with E-state index in [-0.39, 0.29) is 6.54 Å². The van der Waals surface area contributed by atoms with Crippen molar-refractivity contribution in [3.63, 3.8) is 0 Å². The van der Waals surface area contributed by atoms with E-state index >= 15 is 0 Å². The molecule has 17 heavy (non-hydrogen) atoms. The Balaban J connectivity index is 2.58. The fraction of sp³-hybridized carbons (Fsp3) is 0.909. The Morgan fingerprint density at radius 2 is 1.94 bits per heavy atom. The third-order valence-corrected chi connectivity index (χ3v) is 3.55. The molecule has 1 amide bonds. The van der Waals surface area contributed by atoms with E-state index in [2.05, 4.69) is 6.92 Å². The predicted octanol–water partition coefficient (Wildman–Crippen LogP) is 1.82. The molecule has 0 bridgehead atoms. The van der Waals surface area contributed by atoms with Crippen LogP contribution in [0.15, 0.2) is 0 Å². The Labute approximate surface area is 98.9 Å². The molecule has 0 aromatic carbocycles. The Kier molecular flexibility index (Phi) is 4.41. The van der Waals surface area contributed by atoms with Gasteiger partial charge in [-0.05, 0) is 31.6 Å². The first-order chi connectivity index (χ1) is 7.79. The number of hydrogen-bond acceptors (Lipinski definition) is 2. The molecule has 0 saturated heterocycles. The number of rotatable bonds is 3. The van der Waals surface area contributed by atoms with Crippen LogP contribution in [-0.2, 0) is 4.79 Å². The molecule has 1 aliphatic rings. The molecule has 0 spiro atoms. The lowest BCUT2D eigenvalue weighted by Gasteiger charge is -2.37. The van der Waals surface area contributed by atoms with Gasteiger partial charge in [-0.25, -0.2) is 0 Å². The summed E-state index contributed by atoms with van der Waals surface area (Å²) in [5.41, 5.74) is 4.79. The van der Waals surface area contributed by atoms with Gasteiger partial charge in [0.1, 0.15) is 6.54 Å². The van der Waals surface area contributed by atoms with Crippen LogP contribution in [0.1, 0.15) is 32.6 Å². The van der Waals surface area contributed by atoms with Crippen LogP contribution in [0.4, 0.5) is 13.2 Å². The zero-order valence-electron chi connectivity index (χ0n) is 9.94. The smallest absolute Gasteiger partial charge is 0.346 e. The molecule has 1 saturated carbocycles. The zero-order valence-corrected chi connectivity index (χ0v) is 9.94. The van der Waals surface area contributed by atoms with Crippen LogP contribution in [0.2, 0.25) is 0 Å². The summed E-state index contributed by atoms with van der Waals surface area (Å²) in [7, 11) is 0. The maximum atomic E-state index is 12.0. The lowest BCUT2D eigenvalue weighted by molar-refractivity contribution is -0.146. The van der Waals surface area contributed by atoms with Crippen molar-refractivity contribution in [2.75, 3.05) is 13.1 Å². The summed E-state index contributed by atoms with van der Waals surface area (Å²) in [6.45, 7) is 0.917. The number of carbonyl (C=O) groups is 1. The summed E-state index contributed by atoms with van der Waals surface area (Å²) >= 11 is 0. The van der Waals surface area contributed by atoms with Gasteiger partial charge in [-0.1, -0.05) is 6.92 Å². The number of nitrogens with one attached hydrogen (secondary N) is 1. The standard InChI is InChI=1S/C11H19F3N2O/c1-8-2-4-10(6-15,5-3-8)9(17)16-7-11(12,13)14/h8H,2-7,15H2,1H3,(H,16,17). The average Bonchev–Trinajstić information content (AvgIpc) is 2.26. The van der Waals surface area contributed by atoms with Crippen LogP contribution in [0.3, 0.4) is 0 Å². The molecule has 0 heterocycles. The van der Waals surface area contributed by atoms with E-state index in [0.29, 0.717) is 18.8 Å². The number of hydrogen-bond donors (Lipinski definition) is 2. The van der Waals surface area contributed by atoms with Gasteiger partial charge in [-0.2, -0.15) is 13.2 Å². The molecule has 100 valence electrons. The van der Waals surface area contributed by atoms with Crippen LogP contribution < -0.4 is 11.1 Å². The minimum absolute atomic E-state index is 0.114. The van der Waals surface area contributed by atoms with E-state index in [4.69, 9.17) is 5.73 Å². The molecule has 1 fully saturated rings. The molecular formula is C11H19F3N2O. The van der Waals surface area contributed by atoms with Crippen molar-refractivity contribution in [1.82, 2.24) is 5.32 Å². The number of halogens is 3. The molecule has 0 unspecified atom stereocenters. The van der Waals surface area contributed by atoms with Crippen molar-refractivity contribution in [3.8, 4) is 0 Å². The van der Waals surface area contributed by atoms with Gasteiger partial charge in [0.2, 0.25) is 5.91 Å². The van der Waals surface area contributed by atoms with Gasteiger partial charge in [-0.3, -0.25) is 4.79 Å². The molecule has 0 aromatic rings. The number of nitrogens with two attached hydrogens (primary N) is 1. The Hall–Kier alpha value is -0.780. The maximum Gasteiger partial charge on any atom is 0.405 e. The summed E-state index contributed by atoms with van der Waals surface area (Å²) in [5, 5.41) is 1.95. The first-order valence-electron chi connectivity index (χ1n) is 5.84. The lowest BCUT2D eigenvalue weighted by Crippen LogP contribution is -2.49. The van der Waals surface area contributed by atoms with E-state index in [0.717, 1.165) is 12.8 Å². The van der Waals surface area contributed by atoms with Crippen LogP contribution in [0.25, 0.3) is 0 Å². The number of amides is 1. The van der Waals surface area contributed by atoms with Gasteiger partial charge in [0, 0.05) is 6.54 Å². The second kappa shape index (κ2) is 5.25. The molecule has 3 nitrogen and oxygen atoms in total. The van der Waals surface area contributed by atoms with E-state index < -0.39 is 24.0 Å². The van der Waals surface area contributed by atoms with Crippen molar-refractivity contribution in [3.05, 3.63) is 0 Å². The SMILES string of the molecule is CC1CCC(CN)(C(=O)NCC(F)(F)F)CC1. The van der Waals surface area contributed by atoms with E-state index in [1.807, 2.05) is 5.32 Å². The first-order valence-corrected chi connectivity index (χ1v) is 5.84. The van der Waals surface area contributed by atoms with Gasteiger partial charge in [0.05, 0.1) is 5.41 Å². The summed E-state index contributed by atoms with van der Waals surface area (Å²) in [6.07, 6.45) is -1.52. The topological polar surface area (TPSA) is 55.1 Å². The molecule has 3 N–H and O–H groups in total. The monoisotopic (exact) mass is 252 g/mol. The van der Waals surface area contributed by atoms with Crippen molar-refractivity contribution in [2.45, 2.75) is 38.8 Å². The summed E-state index contributed by atoms with van der Waals surface area (Å²) in [6, 6.07) is 0. The molecule has 1 aliphatic carbocycles. The molecule has 0 aromatic heterocycles. The van der Waals surface area contributed by atoms with Crippen LogP contribution >= 0.6 is 0 Å². The van der Waals surface area contributed by atoms with Gasteiger partial charge in [0.25, 0.3) is 0 Å². The van der Waals surface area contributed by atoms with Crippen molar-refractivity contribution in [2.24, 2.45) is 17.1 Å². The first kappa shape index (κ1) is 14.3. The molecule has 0 atom stereocenters. The quantitative estimate of drug-likeness (QED) is 0.805. The largest absolute Gasteiger partial charge is 0.405 e. The van der Waals surface area contributed by atoms with Crippen LogP contribution in [0, 0.1) is 11.3 Å². The van der Waals surface area contributed by atoms with Gasteiger partial charge in [0.15, 0.2) is 0 Å². The van der Waals surface area contributed by atoms with E-state index in [1.165, 1.54) is 0 Å². The fourth-order valence-corrected chi connectivity index (χ4v) is 2.21. The third kappa shape index (κ3) is 3.87. The van der Waals surface area contributed by atoms with Crippen LogP contribution in [-0.4, -0.2) is 25.2 Å². The van der Waals surface area contributed by atoms with Crippen molar-refractivity contribution in [1.29, 1.82) is 0 Å².